The Morgan fingerprint density at radius 3 is 2.29 bits per heavy atom. The maximum atomic E-state index is 13.5. The number of aromatic nitrogens is 1. The highest BCUT2D eigenvalue weighted by Crippen LogP contribution is 2.31. The fraction of sp³-hybridized carbons (Fsp3) is 0.250. The van der Waals surface area contributed by atoms with Crippen LogP contribution in [0.25, 0.3) is 10.9 Å². The number of piperidine rings is 1. The third-order valence-corrected chi connectivity index (χ3v) is 9.15. The molecule has 0 spiro atoms. The number of carbonyl (C=O) groups excluding carboxylic acids is 3. The number of fused-ring (bicyclic) bond motifs is 1. The van der Waals surface area contributed by atoms with Crippen molar-refractivity contribution in [2.75, 3.05) is 18.4 Å². The Hall–Kier alpha value is -5.41. The molecule has 0 unspecified atom stereocenters. The largest absolute Gasteiger partial charge is 0.350 e. The first-order chi connectivity index (χ1) is 23.7. The van der Waals surface area contributed by atoms with Gasteiger partial charge in [-0.15, -0.1) is 0 Å². The highest BCUT2D eigenvalue weighted by atomic mass is 19.1. The molecule has 1 aliphatic rings. The number of benzene rings is 4. The molecule has 9 heteroatoms. The molecule has 250 valence electrons. The predicted octanol–water partition coefficient (Wildman–Crippen LogP) is 7.00. The number of carbonyl (C=O) groups is 3. The zero-order valence-corrected chi connectivity index (χ0v) is 27.7. The van der Waals surface area contributed by atoms with E-state index in [2.05, 4.69) is 45.7 Å². The van der Waals surface area contributed by atoms with Gasteiger partial charge in [0, 0.05) is 29.1 Å². The normalized spacial score (nSPS) is 14.4. The van der Waals surface area contributed by atoms with Crippen LogP contribution in [0.2, 0.25) is 0 Å². The number of amides is 3. The van der Waals surface area contributed by atoms with E-state index in [0.29, 0.717) is 45.4 Å². The van der Waals surface area contributed by atoms with Crippen LogP contribution in [-0.4, -0.2) is 46.7 Å². The van der Waals surface area contributed by atoms with Crippen LogP contribution in [0.1, 0.15) is 76.1 Å². The Morgan fingerprint density at radius 1 is 0.837 bits per heavy atom. The minimum Gasteiger partial charge on any atom is -0.350 e. The van der Waals surface area contributed by atoms with Gasteiger partial charge in [0.15, 0.2) is 0 Å². The first-order valence-electron chi connectivity index (χ1n) is 16.7. The molecule has 0 bridgehead atoms. The van der Waals surface area contributed by atoms with E-state index in [0.717, 1.165) is 37.1 Å². The van der Waals surface area contributed by atoms with E-state index in [1.165, 1.54) is 12.1 Å². The summed E-state index contributed by atoms with van der Waals surface area (Å²) in [6.07, 6.45) is 2.03. The van der Waals surface area contributed by atoms with E-state index >= 15 is 0 Å². The molecule has 1 aliphatic heterocycles. The SMILES string of the molecule is CC(C)N1CCC(c2ccccc2C(=O)Nc2ccc3cc(C(=O)N[C@H](C(=O)NCc4ccc(F)cc4)c4ccccc4)ccc3n2)CC1. The Balaban J connectivity index is 1.14. The van der Waals surface area contributed by atoms with Crippen LogP contribution >= 0.6 is 0 Å². The molecule has 3 N–H and O–H groups in total. The van der Waals surface area contributed by atoms with Gasteiger partial charge in [-0.1, -0.05) is 60.7 Å². The quantitative estimate of drug-likeness (QED) is 0.150. The van der Waals surface area contributed by atoms with E-state index in [9.17, 15) is 18.8 Å². The van der Waals surface area contributed by atoms with Crippen molar-refractivity contribution in [3.8, 4) is 0 Å². The van der Waals surface area contributed by atoms with Crippen LogP contribution in [0.4, 0.5) is 10.2 Å². The molecule has 1 atom stereocenters. The van der Waals surface area contributed by atoms with Crippen LogP contribution in [0.5, 0.6) is 0 Å². The first kappa shape index (κ1) is 33.5. The monoisotopic (exact) mass is 657 g/mol. The van der Waals surface area contributed by atoms with Gasteiger partial charge in [-0.2, -0.15) is 0 Å². The lowest BCUT2D eigenvalue weighted by Gasteiger charge is -2.35. The van der Waals surface area contributed by atoms with Gasteiger partial charge < -0.3 is 20.9 Å². The summed E-state index contributed by atoms with van der Waals surface area (Å²) in [4.78, 5) is 47.4. The third kappa shape index (κ3) is 8.18. The molecule has 1 fully saturated rings. The number of likely N-dealkylation sites (tertiary alicyclic amines) is 1. The summed E-state index contributed by atoms with van der Waals surface area (Å²) in [7, 11) is 0. The van der Waals surface area contributed by atoms with Gasteiger partial charge in [-0.25, -0.2) is 9.37 Å². The lowest BCUT2D eigenvalue weighted by atomic mass is 9.86. The Labute approximate surface area is 285 Å². The van der Waals surface area contributed by atoms with Gasteiger partial charge in [0.1, 0.15) is 17.7 Å². The molecular weight excluding hydrogens is 617 g/mol. The van der Waals surface area contributed by atoms with E-state index in [1.807, 2.05) is 30.3 Å². The molecule has 8 nitrogen and oxygen atoms in total. The van der Waals surface area contributed by atoms with Gasteiger partial charge in [0.05, 0.1) is 5.52 Å². The maximum absolute atomic E-state index is 13.5. The van der Waals surface area contributed by atoms with Crippen LogP contribution in [-0.2, 0) is 11.3 Å². The lowest BCUT2D eigenvalue weighted by Crippen LogP contribution is -2.40. The average Bonchev–Trinajstić information content (AvgIpc) is 3.13. The molecule has 49 heavy (non-hydrogen) atoms. The van der Waals surface area contributed by atoms with Crippen LogP contribution < -0.4 is 16.0 Å². The number of pyridine rings is 1. The zero-order valence-electron chi connectivity index (χ0n) is 27.7. The molecule has 4 aromatic carbocycles. The molecule has 1 aromatic heterocycles. The minimum absolute atomic E-state index is 0.183. The molecule has 6 rings (SSSR count). The number of rotatable bonds is 10. The fourth-order valence-electron chi connectivity index (χ4n) is 6.36. The van der Waals surface area contributed by atoms with Crippen molar-refractivity contribution in [1.82, 2.24) is 20.5 Å². The summed E-state index contributed by atoms with van der Waals surface area (Å²) >= 11 is 0. The van der Waals surface area contributed by atoms with E-state index in [1.54, 1.807) is 60.7 Å². The summed E-state index contributed by atoms with van der Waals surface area (Å²) in [5.41, 5.74) is 4.05. The number of hydrogen-bond donors (Lipinski definition) is 3. The number of halogens is 1. The minimum atomic E-state index is -0.953. The molecule has 5 aromatic rings. The molecular formula is C40H40FN5O3. The highest BCUT2D eigenvalue weighted by Gasteiger charge is 2.26. The van der Waals surface area contributed by atoms with Crippen LogP contribution in [0, 0.1) is 5.82 Å². The lowest BCUT2D eigenvalue weighted by molar-refractivity contribution is -0.123. The third-order valence-electron chi connectivity index (χ3n) is 9.15. The van der Waals surface area contributed by atoms with Crippen molar-refractivity contribution in [2.45, 2.75) is 51.2 Å². The molecule has 0 aliphatic carbocycles. The highest BCUT2D eigenvalue weighted by molar-refractivity contribution is 6.05. The standard InChI is InChI=1S/C40H40FN5O3/c1-26(2)46-22-20-28(21-23-46)33-10-6-7-11-34(33)39(48)44-36-19-15-30-24-31(14-18-35(30)43-36)38(47)45-37(29-8-4-3-5-9-29)40(49)42-25-27-12-16-32(41)17-13-27/h3-19,24,26,28,37H,20-23,25H2,1-2H3,(H,42,49)(H,45,47)(H,43,44,48)/t37-/m0/s1. The zero-order chi connectivity index (χ0) is 34.3. The summed E-state index contributed by atoms with van der Waals surface area (Å²) in [5.74, 6) is -0.635. The van der Waals surface area contributed by atoms with E-state index in [-0.39, 0.29) is 18.3 Å². The van der Waals surface area contributed by atoms with Crippen molar-refractivity contribution in [1.29, 1.82) is 0 Å². The van der Waals surface area contributed by atoms with E-state index in [4.69, 9.17) is 0 Å². The smallest absolute Gasteiger partial charge is 0.257 e. The second-order valence-electron chi connectivity index (χ2n) is 12.7. The van der Waals surface area contributed by atoms with Gasteiger partial charge in [-0.05, 0) is 111 Å². The number of anilines is 1. The van der Waals surface area contributed by atoms with Crippen molar-refractivity contribution in [2.24, 2.45) is 0 Å². The second-order valence-corrected chi connectivity index (χ2v) is 12.7. The number of hydrogen-bond acceptors (Lipinski definition) is 5. The van der Waals surface area contributed by atoms with Gasteiger partial charge in [-0.3, -0.25) is 14.4 Å². The Bertz CT molecular complexity index is 1940. The fourth-order valence-corrected chi connectivity index (χ4v) is 6.36. The predicted molar refractivity (Wildman–Crippen MR) is 190 cm³/mol. The Kier molecular flexibility index (Phi) is 10.4. The van der Waals surface area contributed by atoms with Crippen LogP contribution in [0.15, 0.2) is 109 Å². The average molecular weight is 658 g/mol. The molecule has 3 amide bonds. The van der Waals surface area contributed by atoms with Crippen molar-refractivity contribution < 1.29 is 18.8 Å². The van der Waals surface area contributed by atoms with Crippen molar-refractivity contribution >= 4 is 34.4 Å². The Morgan fingerprint density at radius 2 is 1.55 bits per heavy atom. The molecule has 1 saturated heterocycles. The van der Waals surface area contributed by atoms with Crippen molar-refractivity contribution in [3.63, 3.8) is 0 Å². The number of nitrogens with zero attached hydrogens (tertiary/aromatic N) is 2. The van der Waals surface area contributed by atoms with E-state index < -0.39 is 17.9 Å². The summed E-state index contributed by atoms with van der Waals surface area (Å²) in [5, 5.41) is 9.39. The van der Waals surface area contributed by atoms with Gasteiger partial charge in [0.2, 0.25) is 5.91 Å². The molecule has 2 heterocycles. The van der Waals surface area contributed by atoms with Gasteiger partial charge in [0.25, 0.3) is 11.8 Å². The second kappa shape index (κ2) is 15.2. The summed E-state index contributed by atoms with van der Waals surface area (Å²) in [6.45, 7) is 6.65. The van der Waals surface area contributed by atoms with Gasteiger partial charge >= 0.3 is 0 Å². The summed E-state index contributed by atoms with van der Waals surface area (Å²) in [6, 6.07) is 30.8. The molecule has 0 radical (unpaired) electrons. The van der Waals surface area contributed by atoms with Crippen molar-refractivity contribution in [3.05, 3.63) is 143 Å². The van der Waals surface area contributed by atoms with Crippen LogP contribution in [0.3, 0.4) is 0 Å². The first-order valence-corrected chi connectivity index (χ1v) is 16.7. The molecule has 0 saturated carbocycles. The number of nitrogens with one attached hydrogen (secondary N) is 3. The topological polar surface area (TPSA) is 103 Å². The maximum Gasteiger partial charge on any atom is 0.257 e. The summed E-state index contributed by atoms with van der Waals surface area (Å²) < 4.78 is 13.3.